The minimum absolute atomic E-state index is 0.208. The van der Waals surface area contributed by atoms with Gasteiger partial charge in [-0.25, -0.2) is 9.97 Å². The molecule has 0 aliphatic heterocycles. The highest BCUT2D eigenvalue weighted by atomic mass is 35.5. The molecule has 0 radical (unpaired) electrons. The molecule has 168 valence electrons. The van der Waals surface area contributed by atoms with Gasteiger partial charge in [-0.1, -0.05) is 11.6 Å². The van der Waals surface area contributed by atoms with Crippen LogP contribution in [0.4, 0.5) is 0 Å². The molecular weight excluding hydrogens is 440 g/mol. The van der Waals surface area contributed by atoms with Gasteiger partial charge in [0.25, 0.3) is 5.91 Å². The second-order valence-corrected chi connectivity index (χ2v) is 8.93. The molecule has 1 aromatic carbocycles. The number of benzene rings is 1. The van der Waals surface area contributed by atoms with Crippen LogP contribution in [0.3, 0.4) is 0 Å². The van der Waals surface area contributed by atoms with Crippen molar-refractivity contribution in [2.24, 2.45) is 0 Å². The van der Waals surface area contributed by atoms with E-state index in [2.05, 4.69) is 27.2 Å². The van der Waals surface area contributed by atoms with Crippen molar-refractivity contribution in [1.82, 2.24) is 29.8 Å². The number of imidazole rings is 1. The van der Waals surface area contributed by atoms with Crippen molar-refractivity contribution in [3.63, 3.8) is 0 Å². The molecule has 0 atom stereocenters. The maximum absolute atomic E-state index is 12.0. The molecule has 9 heteroatoms. The highest BCUT2D eigenvalue weighted by Crippen LogP contribution is 2.41. The van der Waals surface area contributed by atoms with Gasteiger partial charge < -0.3 is 14.6 Å². The van der Waals surface area contributed by atoms with E-state index in [4.69, 9.17) is 21.3 Å². The summed E-state index contributed by atoms with van der Waals surface area (Å²) in [6.07, 6.45) is 5.23. The average molecular weight is 463 g/mol. The van der Waals surface area contributed by atoms with Gasteiger partial charge >= 0.3 is 0 Å². The zero-order chi connectivity index (χ0) is 23.2. The monoisotopic (exact) mass is 462 g/mol. The Hall–Kier alpha value is -3.52. The molecule has 1 N–H and O–H groups in total. The molecule has 1 amide bonds. The van der Waals surface area contributed by atoms with Crippen molar-refractivity contribution in [2.75, 3.05) is 7.05 Å². The Morgan fingerprint density at radius 2 is 2.03 bits per heavy atom. The van der Waals surface area contributed by atoms with Crippen LogP contribution in [0.25, 0.3) is 22.6 Å². The number of carbonyl (C=O) groups excluding carboxylic acids is 1. The Bertz CT molecular complexity index is 1380. The Morgan fingerprint density at radius 3 is 2.73 bits per heavy atom. The molecule has 1 aliphatic carbocycles. The number of nitrogens with one attached hydrogen (secondary N) is 1. The Kier molecular flexibility index (Phi) is 5.25. The molecule has 4 aromatic rings. The summed E-state index contributed by atoms with van der Waals surface area (Å²) >= 11 is 6.63. The summed E-state index contributed by atoms with van der Waals surface area (Å²) in [5, 5.41) is 3.02. The minimum Gasteiger partial charge on any atom is -0.470 e. The van der Waals surface area contributed by atoms with Gasteiger partial charge in [0.1, 0.15) is 17.8 Å². The lowest BCUT2D eigenvalue weighted by Gasteiger charge is -2.12. The van der Waals surface area contributed by atoms with E-state index < -0.39 is 0 Å². The van der Waals surface area contributed by atoms with E-state index in [0.717, 1.165) is 24.1 Å². The molecule has 1 saturated carbocycles. The number of pyridine rings is 1. The number of halogens is 1. The molecule has 1 fully saturated rings. The molecule has 0 unspecified atom stereocenters. The fourth-order valence-corrected chi connectivity index (χ4v) is 3.95. The standard InChI is InChI=1S/C24H23ClN6O2/c1-14-6-9-27-16(10-14)12-31-20(17-5-4-15(11-18(17)25)22(32)26-3)30-19-21(31)28-13-29-23(19)33-24(2)7-8-24/h4-6,9-11,13H,7-8,12H2,1-3H3,(H,26,32). The van der Waals surface area contributed by atoms with Gasteiger partial charge in [0.15, 0.2) is 11.2 Å². The van der Waals surface area contributed by atoms with Crippen LogP contribution in [-0.2, 0) is 6.54 Å². The van der Waals surface area contributed by atoms with E-state index in [-0.39, 0.29) is 11.5 Å². The van der Waals surface area contributed by atoms with E-state index in [0.29, 0.717) is 45.6 Å². The maximum Gasteiger partial charge on any atom is 0.251 e. The number of rotatable bonds is 6. The highest BCUT2D eigenvalue weighted by Gasteiger charge is 2.41. The van der Waals surface area contributed by atoms with Crippen molar-refractivity contribution in [3.8, 4) is 17.3 Å². The third kappa shape index (κ3) is 4.14. The molecule has 1 aliphatic rings. The quantitative estimate of drug-likeness (QED) is 0.461. The summed E-state index contributed by atoms with van der Waals surface area (Å²) < 4.78 is 8.13. The number of aromatic nitrogens is 5. The smallest absolute Gasteiger partial charge is 0.251 e. The average Bonchev–Trinajstić information content (AvgIpc) is 3.41. The lowest BCUT2D eigenvalue weighted by molar-refractivity contribution is 0.0963. The number of carbonyl (C=O) groups is 1. The SMILES string of the molecule is CNC(=O)c1ccc(-c2nc3c(OC4(C)CC4)ncnc3n2Cc2cc(C)ccn2)c(Cl)c1. The van der Waals surface area contributed by atoms with Crippen LogP contribution in [0.5, 0.6) is 5.88 Å². The lowest BCUT2D eigenvalue weighted by atomic mass is 10.1. The van der Waals surface area contributed by atoms with E-state index in [1.165, 1.54) is 6.33 Å². The Labute approximate surface area is 196 Å². The topological polar surface area (TPSA) is 94.8 Å². The van der Waals surface area contributed by atoms with Gasteiger partial charge in [-0.2, -0.15) is 4.98 Å². The first-order valence-electron chi connectivity index (χ1n) is 10.7. The van der Waals surface area contributed by atoms with Crippen LogP contribution in [0.1, 0.15) is 41.4 Å². The molecule has 0 spiro atoms. The lowest BCUT2D eigenvalue weighted by Crippen LogP contribution is -2.17. The predicted molar refractivity (Wildman–Crippen MR) is 126 cm³/mol. The first kappa shape index (κ1) is 21.3. The molecule has 5 rings (SSSR count). The number of hydrogen-bond donors (Lipinski definition) is 1. The molecule has 0 bridgehead atoms. The largest absolute Gasteiger partial charge is 0.470 e. The van der Waals surface area contributed by atoms with E-state index in [1.54, 1.807) is 31.4 Å². The summed E-state index contributed by atoms with van der Waals surface area (Å²) in [6, 6.07) is 9.14. The van der Waals surface area contributed by atoms with Gasteiger partial charge in [-0.15, -0.1) is 0 Å². The second kappa shape index (κ2) is 8.12. The van der Waals surface area contributed by atoms with Crippen LogP contribution < -0.4 is 10.1 Å². The zero-order valence-corrected chi connectivity index (χ0v) is 19.3. The minimum atomic E-state index is -0.212. The fraction of sp³-hybridized carbons (Fsp3) is 0.292. The molecule has 3 heterocycles. The number of hydrogen-bond acceptors (Lipinski definition) is 6. The first-order valence-corrected chi connectivity index (χ1v) is 11.1. The molecular formula is C24H23ClN6O2. The summed E-state index contributed by atoms with van der Waals surface area (Å²) in [7, 11) is 1.58. The van der Waals surface area contributed by atoms with E-state index in [9.17, 15) is 4.79 Å². The number of ether oxygens (including phenoxy) is 1. The molecule has 33 heavy (non-hydrogen) atoms. The van der Waals surface area contributed by atoms with E-state index in [1.807, 2.05) is 23.6 Å². The normalized spacial score (nSPS) is 14.3. The molecule has 3 aromatic heterocycles. The fourth-order valence-electron chi connectivity index (χ4n) is 3.69. The van der Waals surface area contributed by atoms with Crippen LogP contribution in [0, 0.1) is 6.92 Å². The molecule has 8 nitrogen and oxygen atoms in total. The van der Waals surface area contributed by atoms with Crippen LogP contribution in [-0.4, -0.2) is 43.1 Å². The Balaban J connectivity index is 1.68. The maximum atomic E-state index is 12.0. The van der Waals surface area contributed by atoms with Gasteiger partial charge in [-0.3, -0.25) is 9.78 Å². The molecule has 0 saturated heterocycles. The van der Waals surface area contributed by atoms with Crippen molar-refractivity contribution in [1.29, 1.82) is 0 Å². The number of aryl methyl sites for hydroxylation is 1. The van der Waals surface area contributed by atoms with E-state index >= 15 is 0 Å². The van der Waals surface area contributed by atoms with Crippen molar-refractivity contribution < 1.29 is 9.53 Å². The van der Waals surface area contributed by atoms with Gasteiger partial charge in [0.2, 0.25) is 5.88 Å². The summed E-state index contributed by atoms with van der Waals surface area (Å²) in [4.78, 5) is 30.3. The number of fused-ring (bicyclic) bond motifs is 1. The second-order valence-electron chi connectivity index (χ2n) is 8.52. The Morgan fingerprint density at radius 1 is 1.21 bits per heavy atom. The van der Waals surface area contributed by atoms with Crippen molar-refractivity contribution >= 4 is 28.7 Å². The van der Waals surface area contributed by atoms with Gasteiger partial charge in [0, 0.05) is 24.4 Å². The summed E-state index contributed by atoms with van der Waals surface area (Å²) in [5.41, 5.74) is 4.12. The number of amides is 1. The first-order chi connectivity index (χ1) is 15.9. The highest BCUT2D eigenvalue weighted by molar-refractivity contribution is 6.33. The van der Waals surface area contributed by atoms with Crippen molar-refractivity contribution in [3.05, 3.63) is 64.7 Å². The summed E-state index contributed by atoms with van der Waals surface area (Å²) in [6.45, 7) is 4.52. The van der Waals surface area contributed by atoms with Gasteiger partial charge in [0.05, 0.1) is 17.3 Å². The van der Waals surface area contributed by atoms with Crippen molar-refractivity contribution in [2.45, 2.75) is 38.8 Å². The predicted octanol–water partition coefficient (Wildman–Crippen LogP) is 4.19. The summed E-state index contributed by atoms with van der Waals surface area (Å²) in [5.74, 6) is 0.850. The van der Waals surface area contributed by atoms with Crippen LogP contribution >= 0.6 is 11.6 Å². The zero-order valence-electron chi connectivity index (χ0n) is 18.6. The third-order valence-corrected chi connectivity index (χ3v) is 6.10. The van der Waals surface area contributed by atoms with Gasteiger partial charge in [-0.05, 0) is 62.6 Å². The van der Waals surface area contributed by atoms with Crippen LogP contribution in [0.15, 0.2) is 42.9 Å². The third-order valence-electron chi connectivity index (χ3n) is 5.79. The number of nitrogens with zero attached hydrogens (tertiary/aromatic N) is 5. The van der Waals surface area contributed by atoms with Crippen LogP contribution in [0.2, 0.25) is 5.02 Å².